The molecule has 2 aromatic rings. The lowest BCUT2D eigenvalue weighted by molar-refractivity contribution is 0.292. The molecule has 23 heavy (non-hydrogen) atoms. The first-order valence-corrected chi connectivity index (χ1v) is 8.84. The molecule has 0 heterocycles. The van der Waals surface area contributed by atoms with E-state index in [4.69, 9.17) is 17.3 Å². The van der Waals surface area contributed by atoms with E-state index in [0.717, 1.165) is 5.39 Å². The zero-order valence-electron chi connectivity index (χ0n) is 13.4. The van der Waals surface area contributed by atoms with Crippen molar-refractivity contribution in [2.24, 2.45) is 11.1 Å². The SMILES string of the molecule is CN(CC(C)(C)CN)S(=O)(=O)c1ccc(Cl)c2ccccc12.Cl. The maximum Gasteiger partial charge on any atom is 0.243 e. The van der Waals surface area contributed by atoms with E-state index in [9.17, 15) is 8.42 Å². The van der Waals surface area contributed by atoms with Crippen molar-refractivity contribution in [2.75, 3.05) is 20.1 Å². The Kier molecular flexibility index (Phi) is 6.47. The van der Waals surface area contributed by atoms with E-state index in [1.54, 1.807) is 25.2 Å². The number of hydrogen-bond donors (Lipinski definition) is 1. The molecule has 0 aliphatic heterocycles. The van der Waals surface area contributed by atoms with Crippen molar-refractivity contribution < 1.29 is 8.42 Å². The molecule has 0 radical (unpaired) electrons. The lowest BCUT2D eigenvalue weighted by atomic mass is 9.94. The summed E-state index contributed by atoms with van der Waals surface area (Å²) in [7, 11) is -2.03. The number of hydrogen-bond acceptors (Lipinski definition) is 3. The van der Waals surface area contributed by atoms with Crippen LogP contribution >= 0.6 is 24.0 Å². The average Bonchev–Trinajstić information content (AvgIpc) is 2.47. The Bertz CT molecular complexity index is 792. The molecule has 0 unspecified atom stereocenters. The van der Waals surface area contributed by atoms with Gasteiger partial charge in [-0.3, -0.25) is 0 Å². The molecule has 2 aromatic carbocycles. The monoisotopic (exact) mass is 376 g/mol. The molecule has 0 saturated heterocycles. The molecule has 0 aliphatic rings. The predicted molar refractivity (Wildman–Crippen MR) is 98.9 cm³/mol. The lowest BCUT2D eigenvalue weighted by Crippen LogP contribution is -2.39. The van der Waals surface area contributed by atoms with Crippen LogP contribution in [0.3, 0.4) is 0 Å². The molecular weight excluding hydrogens is 355 g/mol. The number of nitrogens with two attached hydrogens (primary N) is 1. The first-order chi connectivity index (χ1) is 10.2. The average molecular weight is 377 g/mol. The van der Waals surface area contributed by atoms with Gasteiger partial charge >= 0.3 is 0 Å². The van der Waals surface area contributed by atoms with Crippen LogP contribution in [0.25, 0.3) is 10.8 Å². The highest BCUT2D eigenvalue weighted by Crippen LogP contribution is 2.31. The molecule has 0 fully saturated rings. The summed E-state index contributed by atoms with van der Waals surface area (Å²) in [5.74, 6) is 0. The lowest BCUT2D eigenvalue weighted by Gasteiger charge is -2.28. The van der Waals surface area contributed by atoms with Crippen LogP contribution < -0.4 is 5.73 Å². The first kappa shape index (κ1) is 20.2. The molecule has 0 aliphatic carbocycles. The Labute approximate surface area is 149 Å². The summed E-state index contributed by atoms with van der Waals surface area (Å²) in [5, 5.41) is 1.91. The van der Waals surface area contributed by atoms with Gasteiger partial charge in [0.2, 0.25) is 10.0 Å². The van der Waals surface area contributed by atoms with Crippen LogP contribution in [0.4, 0.5) is 0 Å². The van der Waals surface area contributed by atoms with Gasteiger partial charge in [-0.25, -0.2) is 12.7 Å². The van der Waals surface area contributed by atoms with Gasteiger partial charge in [-0.15, -0.1) is 12.4 Å². The van der Waals surface area contributed by atoms with Gasteiger partial charge in [0, 0.05) is 29.4 Å². The molecule has 128 valence electrons. The quantitative estimate of drug-likeness (QED) is 0.867. The van der Waals surface area contributed by atoms with Crippen molar-refractivity contribution >= 4 is 44.8 Å². The Hall–Kier alpha value is -0.850. The normalized spacial score (nSPS) is 12.4. The standard InChI is InChI=1S/C16H21ClN2O2S.ClH/c1-16(2,10-18)11-19(3)22(20,21)15-9-8-14(17)12-6-4-5-7-13(12)15;/h4-9H,10-11,18H2,1-3H3;1H. The minimum absolute atomic E-state index is 0. The molecular formula is C16H22Cl2N2O2S. The highest BCUT2D eigenvalue weighted by molar-refractivity contribution is 7.89. The zero-order valence-corrected chi connectivity index (χ0v) is 15.8. The number of fused-ring (bicyclic) bond motifs is 1. The summed E-state index contributed by atoms with van der Waals surface area (Å²) in [6.07, 6.45) is 0. The van der Waals surface area contributed by atoms with Crippen LogP contribution in [0.15, 0.2) is 41.3 Å². The Balaban J connectivity index is 0.00000264. The smallest absolute Gasteiger partial charge is 0.243 e. The second-order valence-electron chi connectivity index (χ2n) is 6.22. The molecule has 7 heteroatoms. The Morgan fingerprint density at radius 1 is 1.13 bits per heavy atom. The Morgan fingerprint density at radius 3 is 2.26 bits per heavy atom. The summed E-state index contributed by atoms with van der Waals surface area (Å²) in [6.45, 7) is 4.65. The summed E-state index contributed by atoms with van der Waals surface area (Å²) >= 11 is 6.16. The van der Waals surface area contributed by atoms with Crippen LogP contribution in [0.1, 0.15) is 13.8 Å². The fourth-order valence-corrected chi connectivity index (χ4v) is 4.16. The number of benzene rings is 2. The van der Waals surface area contributed by atoms with E-state index < -0.39 is 10.0 Å². The van der Waals surface area contributed by atoms with Crippen LogP contribution in [0.5, 0.6) is 0 Å². The van der Waals surface area contributed by atoms with Crippen molar-refractivity contribution in [3.63, 3.8) is 0 Å². The second kappa shape index (κ2) is 7.36. The van der Waals surface area contributed by atoms with Crippen molar-refractivity contribution in [1.29, 1.82) is 0 Å². The van der Waals surface area contributed by atoms with Crippen LogP contribution in [-0.2, 0) is 10.0 Å². The number of halogens is 2. The van der Waals surface area contributed by atoms with Gasteiger partial charge in [-0.2, -0.15) is 0 Å². The van der Waals surface area contributed by atoms with E-state index in [0.29, 0.717) is 23.5 Å². The molecule has 2 rings (SSSR count). The third kappa shape index (κ3) is 4.17. The third-order valence-electron chi connectivity index (χ3n) is 3.72. The molecule has 0 amide bonds. The van der Waals surface area contributed by atoms with Gasteiger partial charge in [0.15, 0.2) is 0 Å². The van der Waals surface area contributed by atoms with Crippen molar-refractivity contribution in [3.05, 3.63) is 41.4 Å². The third-order valence-corrected chi connectivity index (χ3v) is 5.91. The van der Waals surface area contributed by atoms with E-state index >= 15 is 0 Å². The van der Waals surface area contributed by atoms with Gasteiger partial charge < -0.3 is 5.73 Å². The van der Waals surface area contributed by atoms with E-state index in [2.05, 4.69) is 0 Å². The minimum Gasteiger partial charge on any atom is -0.330 e. The van der Waals surface area contributed by atoms with E-state index in [1.165, 1.54) is 4.31 Å². The molecule has 4 nitrogen and oxygen atoms in total. The fraction of sp³-hybridized carbons (Fsp3) is 0.375. The van der Waals surface area contributed by atoms with Gasteiger partial charge in [-0.05, 0) is 24.1 Å². The van der Waals surface area contributed by atoms with Gasteiger partial charge in [-0.1, -0.05) is 49.7 Å². The van der Waals surface area contributed by atoms with Crippen molar-refractivity contribution in [1.82, 2.24) is 4.31 Å². The van der Waals surface area contributed by atoms with Crippen LogP contribution in [0, 0.1) is 5.41 Å². The van der Waals surface area contributed by atoms with Gasteiger partial charge in [0.25, 0.3) is 0 Å². The Morgan fingerprint density at radius 2 is 1.70 bits per heavy atom. The fourth-order valence-electron chi connectivity index (χ4n) is 2.38. The minimum atomic E-state index is -3.61. The maximum absolute atomic E-state index is 12.9. The van der Waals surface area contributed by atoms with Crippen molar-refractivity contribution in [3.8, 4) is 0 Å². The highest BCUT2D eigenvalue weighted by Gasteiger charge is 2.28. The second-order valence-corrected chi connectivity index (χ2v) is 8.64. The highest BCUT2D eigenvalue weighted by atomic mass is 35.5. The predicted octanol–water partition coefficient (Wildman–Crippen LogP) is 3.52. The molecule has 0 atom stereocenters. The molecule has 2 N–H and O–H groups in total. The summed E-state index contributed by atoms with van der Waals surface area (Å²) in [4.78, 5) is 0.267. The van der Waals surface area contributed by atoms with Gasteiger partial charge in [0.1, 0.15) is 0 Å². The molecule has 0 aromatic heterocycles. The molecule has 0 bridgehead atoms. The van der Waals surface area contributed by atoms with E-state index in [-0.39, 0.29) is 22.7 Å². The zero-order chi connectivity index (χ0) is 16.5. The van der Waals surface area contributed by atoms with E-state index in [1.807, 2.05) is 32.0 Å². The first-order valence-electron chi connectivity index (χ1n) is 7.03. The molecule has 0 saturated carbocycles. The topological polar surface area (TPSA) is 63.4 Å². The van der Waals surface area contributed by atoms with Crippen molar-refractivity contribution in [2.45, 2.75) is 18.7 Å². The summed E-state index contributed by atoms with van der Waals surface area (Å²) in [6, 6.07) is 10.4. The van der Waals surface area contributed by atoms with Crippen LogP contribution in [0.2, 0.25) is 5.02 Å². The summed E-state index contributed by atoms with van der Waals surface area (Å²) < 4.78 is 27.1. The molecule has 0 spiro atoms. The van der Waals surface area contributed by atoms with Gasteiger partial charge in [0.05, 0.1) is 4.90 Å². The van der Waals surface area contributed by atoms with Crippen LogP contribution in [-0.4, -0.2) is 32.9 Å². The summed E-state index contributed by atoms with van der Waals surface area (Å²) in [5.41, 5.74) is 5.42. The number of nitrogens with zero attached hydrogens (tertiary/aromatic N) is 1. The number of rotatable bonds is 5. The maximum atomic E-state index is 12.9. The largest absolute Gasteiger partial charge is 0.330 e. The number of sulfonamides is 1.